The molecule has 0 bridgehead atoms. The molecule has 1 aliphatic carbocycles. The lowest BCUT2D eigenvalue weighted by Crippen LogP contribution is -1.94. The smallest absolute Gasteiger partial charge is 0.145 e. The minimum atomic E-state index is 0.969. The first-order chi connectivity index (χ1) is 18.4. The normalized spacial score (nSPS) is 12.8. The zero-order valence-electron chi connectivity index (χ0n) is 19.9. The highest BCUT2D eigenvalue weighted by atomic mass is 15.0. The van der Waals surface area contributed by atoms with E-state index in [1.807, 2.05) is 24.8 Å². The van der Waals surface area contributed by atoms with E-state index in [2.05, 4.69) is 98.9 Å². The van der Waals surface area contributed by atoms with Gasteiger partial charge in [-0.2, -0.15) is 0 Å². The number of hydrogen-bond donors (Lipinski definition) is 0. The topological polar surface area (TPSA) is 35.1 Å². The van der Waals surface area contributed by atoms with Crippen molar-refractivity contribution < 1.29 is 0 Å². The molecule has 4 nitrogen and oxygen atoms in total. The number of imidazole rings is 1. The number of fused-ring (bicyclic) bond motifs is 13. The quantitative estimate of drug-likeness (QED) is 0.229. The van der Waals surface area contributed by atoms with Gasteiger partial charge >= 0.3 is 0 Å². The lowest BCUT2D eigenvalue weighted by Gasteiger charge is -2.11. The maximum Gasteiger partial charge on any atom is 0.145 e. The van der Waals surface area contributed by atoms with Crippen LogP contribution in [-0.4, -0.2) is 18.9 Å². The van der Waals surface area contributed by atoms with Gasteiger partial charge in [-0.3, -0.25) is 9.38 Å². The monoisotopic (exact) mass is 472 g/mol. The van der Waals surface area contributed by atoms with Crippen LogP contribution in [0.5, 0.6) is 0 Å². The summed E-state index contributed by atoms with van der Waals surface area (Å²) in [6, 6.07) is 31.0. The summed E-state index contributed by atoms with van der Waals surface area (Å²) in [6.45, 7) is 0. The standard InChI is InChI=1S/C33H20N4/c1-2-7-22(8-3-1)37-28-11-10-25-24-12-13-34-19-30(24)36-15-14-35-33(36)32(25)31(28)27-17-21-16-20-6-4-5-9-23(20)26(21)18-29(27)37/h1-15,17-19H,16H2. The second-order valence-electron chi connectivity index (χ2n) is 9.93. The fourth-order valence-corrected chi connectivity index (χ4v) is 6.54. The Labute approximate surface area is 212 Å². The summed E-state index contributed by atoms with van der Waals surface area (Å²) < 4.78 is 4.60. The van der Waals surface area contributed by atoms with Crippen LogP contribution in [0.15, 0.2) is 110 Å². The van der Waals surface area contributed by atoms with Crippen LogP contribution < -0.4 is 0 Å². The molecule has 0 aliphatic heterocycles. The Morgan fingerprint density at radius 3 is 2.46 bits per heavy atom. The molecule has 0 saturated carbocycles. The molecule has 37 heavy (non-hydrogen) atoms. The van der Waals surface area contributed by atoms with Crippen molar-refractivity contribution in [2.24, 2.45) is 0 Å². The number of rotatable bonds is 1. The third kappa shape index (κ3) is 2.42. The number of benzene rings is 4. The molecular weight excluding hydrogens is 452 g/mol. The summed E-state index contributed by atoms with van der Waals surface area (Å²) in [5.74, 6) is 0. The third-order valence-electron chi connectivity index (χ3n) is 8.07. The van der Waals surface area contributed by atoms with Crippen LogP contribution in [0.4, 0.5) is 0 Å². The SMILES string of the molecule is c1ccc(-n2c3cc4c(cc3c3c5c(ccc32)c2ccncc2n2ccnc52)Cc2ccccc2-4)cc1. The van der Waals surface area contributed by atoms with Crippen LogP contribution in [0, 0.1) is 0 Å². The molecule has 4 heteroatoms. The summed E-state index contributed by atoms with van der Waals surface area (Å²) in [6.07, 6.45) is 8.72. The Bertz CT molecular complexity index is 2220. The predicted octanol–water partition coefficient (Wildman–Crippen LogP) is 7.70. The van der Waals surface area contributed by atoms with E-state index in [9.17, 15) is 0 Å². The Morgan fingerprint density at radius 1 is 0.622 bits per heavy atom. The Morgan fingerprint density at radius 2 is 1.51 bits per heavy atom. The number of nitrogens with zero attached hydrogens (tertiary/aromatic N) is 4. The van der Waals surface area contributed by atoms with Crippen LogP contribution in [0.2, 0.25) is 0 Å². The first-order valence-electron chi connectivity index (χ1n) is 12.6. The van der Waals surface area contributed by atoms with E-state index in [4.69, 9.17) is 4.98 Å². The highest BCUT2D eigenvalue weighted by molar-refractivity contribution is 6.29. The molecule has 4 aromatic carbocycles. The molecule has 0 N–H and O–H groups in total. The van der Waals surface area contributed by atoms with Gasteiger partial charge in [-0.15, -0.1) is 0 Å². The number of hydrogen-bond acceptors (Lipinski definition) is 2. The first kappa shape index (κ1) is 19.3. The van der Waals surface area contributed by atoms with E-state index < -0.39 is 0 Å². The first-order valence-corrected chi connectivity index (χ1v) is 12.6. The van der Waals surface area contributed by atoms with Crippen LogP contribution in [0.1, 0.15) is 11.1 Å². The van der Waals surface area contributed by atoms with Crippen molar-refractivity contribution in [2.75, 3.05) is 0 Å². The number of pyridine rings is 2. The van der Waals surface area contributed by atoms with E-state index in [0.29, 0.717) is 0 Å². The summed E-state index contributed by atoms with van der Waals surface area (Å²) in [5.41, 5.74) is 11.1. The molecule has 0 saturated heterocycles. The Kier molecular flexibility index (Phi) is 3.55. The van der Waals surface area contributed by atoms with E-state index in [1.54, 1.807) is 0 Å². The van der Waals surface area contributed by atoms with Crippen LogP contribution in [-0.2, 0) is 6.42 Å². The van der Waals surface area contributed by atoms with Gasteiger partial charge in [-0.1, -0.05) is 48.5 Å². The molecule has 0 amide bonds. The van der Waals surface area contributed by atoms with Crippen molar-refractivity contribution in [3.05, 3.63) is 121 Å². The van der Waals surface area contributed by atoms with Gasteiger partial charge in [-0.05, 0) is 70.5 Å². The second-order valence-corrected chi connectivity index (χ2v) is 9.93. The maximum atomic E-state index is 4.87. The molecular formula is C33H20N4. The lowest BCUT2D eigenvalue weighted by atomic mass is 9.99. The molecule has 1 aliphatic rings. The molecule has 4 heterocycles. The summed E-state index contributed by atoms with van der Waals surface area (Å²) in [7, 11) is 0. The zero-order chi connectivity index (χ0) is 24.1. The lowest BCUT2D eigenvalue weighted by molar-refractivity contribution is 1.18. The van der Waals surface area contributed by atoms with E-state index in [-0.39, 0.29) is 0 Å². The average Bonchev–Trinajstić information content (AvgIpc) is 3.66. The van der Waals surface area contributed by atoms with E-state index in [1.165, 1.54) is 60.2 Å². The third-order valence-corrected chi connectivity index (χ3v) is 8.07. The van der Waals surface area contributed by atoms with Gasteiger partial charge in [0.25, 0.3) is 0 Å². The highest BCUT2D eigenvalue weighted by Gasteiger charge is 2.24. The number of aromatic nitrogens is 4. The summed E-state index contributed by atoms with van der Waals surface area (Å²) in [4.78, 5) is 9.28. The van der Waals surface area contributed by atoms with Crippen LogP contribution in [0.25, 0.3) is 65.9 Å². The molecule has 0 unspecified atom stereocenters. The van der Waals surface area contributed by atoms with Gasteiger partial charge < -0.3 is 4.57 Å². The molecule has 0 spiro atoms. The second kappa shape index (κ2) is 6.83. The Balaban J connectivity index is 1.54. The molecule has 4 aromatic heterocycles. The van der Waals surface area contributed by atoms with Gasteiger partial charge in [0.05, 0.1) is 22.7 Å². The fourth-order valence-electron chi connectivity index (χ4n) is 6.54. The van der Waals surface area contributed by atoms with E-state index >= 15 is 0 Å². The van der Waals surface area contributed by atoms with Crippen molar-refractivity contribution >= 4 is 49.1 Å². The van der Waals surface area contributed by atoms with Crippen molar-refractivity contribution in [3.63, 3.8) is 0 Å². The van der Waals surface area contributed by atoms with Gasteiger partial charge in [0, 0.05) is 45.8 Å². The maximum absolute atomic E-state index is 4.87. The van der Waals surface area contributed by atoms with Gasteiger partial charge in [0.15, 0.2) is 0 Å². The minimum absolute atomic E-state index is 0.969. The minimum Gasteiger partial charge on any atom is -0.309 e. The number of para-hydroxylation sites is 1. The predicted molar refractivity (Wildman–Crippen MR) is 151 cm³/mol. The van der Waals surface area contributed by atoms with Crippen molar-refractivity contribution in [1.29, 1.82) is 0 Å². The largest absolute Gasteiger partial charge is 0.309 e. The summed E-state index contributed by atoms with van der Waals surface area (Å²) in [5, 5.41) is 6.11. The zero-order valence-corrected chi connectivity index (χ0v) is 19.9. The van der Waals surface area contributed by atoms with Gasteiger partial charge in [0.1, 0.15) is 5.65 Å². The molecule has 172 valence electrons. The molecule has 8 aromatic rings. The summed E-state index contributed by atoms with van der Waals surface area (Å²) >= 11 is 0. The fraction of sp³-hybridized carbons (Fsp3) is 0.0303. The highest BCUT2D eigenvalue weighted by Crippen LogP contribution is 2.45. The van der Waals surface area contributed by atoms with Gasteiger partial charge in [-0.25, -0.2) is 4.98 Å². The molecule has 0 fully saturated rings. The van der Waals surface area contributed by atoms with Crippen molar-refractivity contribution in [1.82, 2.24) is 18.9 Å². The Hall–Kier alpha value is -4.96. The molecule has 9 rings (SSSR count). The molecule has 0 radical (unpaired) electrons. The van der Waals surface area contributed by atoms with Gasteiger partial charge in [0.2, 0.25) is 0 Å². The van der Waals surface area contributed by atoms with Crippen LogP contribution >= 0.6 is 0 Å². The van der Waals surface area contributed by atoms with Crippen LogP contribution in [0.3, 0.4) is 0 Å². The van der Waals surface area contributed by atoms with Crippen molar-refractivity contribution in [2.45, 2.75) is 6.42 Å². The van der Waals surface area contributed by atoms with Crippen molar-refractivity contribution in [3.8, 4) is 16.8 Å². The van der Waals surface area contributed by atoms with E-state index in [0.717, 1.165) is 23.3 Å². The molecule has 0 atom stereocenters. The average molecular weight is 473 g/mol.